The topological polar surface area (TPSA) is 98.9 Å². The maximum atomic E-state index is 13.2. The van der Waals surface area contributed by atoms with Crippen molar-refractivity contribution in [2.24, 2.45) is 7.05 Å². The first-order valence-electron chi connectivity index (χ1n) is 12.6. The number of anilines is 2. The zero-order valence-electron chi connectivity index (χ0n) is 20.0. The van der Waals surface area contributed by atoms with Gasteiger partial charge in [0, 0.05) is 42.4 Å². The fourth-order valence-corrected chi connectivity index (χ4v) is 5.97. The average molecular weight is 472 g/mol. The highest BCUT2D eigenvalue weighted by atomic mass is 16.5. The molecule has 2 saturated carbocycles. The molecule has 6 heterocycles. The Bertz CT molecular complexity index is 1510. The minimum Gasteiger partial charge on any atom is -0.490 e. The molecule has 0 atom stereocenters. The molecule has 3 aromatic heterocycles. The minimum atomic E-state index is -0.0196. The van der Waals surface area contributed by atoms with Gasteiger partial charge < -0.3 is 15.4 Å². The highest BCUT2D eigenvalue weighted by Crippen LogP contribution is 2.36. The Kier molecular flexibility index (Phi) is 4.64. The number of rotatable bonds is 0. The van der Waals surface area contributed by atoms with Crippen molar-refractivity contribution in [1.82, 2.24) is 29.4 Å². The number of fused-ring (bicyclic) bond motifs is 1. The summed E-state index contributed by atoms with van der Waals surface area (Å²) in [5.41, 5.74) is 4.27. The van der Waals surface area contributed by atoms with Crippen LogP contribution in [0.3, 0.4) is 0 Å². The van der Waals surface area contributed by atoms with E-state index in [1.54, 1.807) is 17.8 Å². The number of hydrogen-bond donors (Lipinski definition) is 2. The van der Waals surface area contributed by atoms with Crippen molar-refractivity contribution in [2.45, 2.75) is 69.7 Å². The van der Waals surface area contributed by atoms with Crippen molar-refractivity contribution < 1.29 is 4.74 Å². The van der Waals surface area contributed by atoms with E-state index in [2.05, 4.69) is 32.7 Å². The molecule has 0 saturated heterocycles. The van der Waals surface area contributed by atoms with Crippen LogP contribution >= 0.6 is 0 Å². The van der Waals surface area contributed by atoms with E-state index in [9.17, 15) is 4.79 Å². The van der Waals surface area contributed by atoms with Gasteiger partial charge in [-0.25, -0.2) is 9.78 Å². The molecule has 8 bridgehead atoms. The fraction of sp³-hybridized carbons (Fsp3) is 0.462. The molecule has 35 heavy (non-hydrogen) atoms. The predicted octanol–water partition coefficient (Wildman–Crippen LogP) is 3.73. The van der Waals surface area contributed by atoms with Gasteiger partial charge in [0.2, 0.25) is 5.95 Å². The van der Waals surface area contributed by atoms with Crippen molar-refractivity contribution in [1.29, 1.82) is 0 Å². The molecule has 2 aliphatic carbocycles. The number of nitrogens with zero attached hydrogens (tertiary/aromatic N) is 5. The standard InChI is InChI=1S/C26H29N7O2/c1-14-9-21-19-12-20(14)30-25-28-13-22-24(31-25)33(26(34)32(22)2)17-5-3-15(4-6-17)29-16-10-18(11-16)35-23(19)7-8-27-21/h7-9,12-13,15-18,29H,3-6,10-11H2,1-2H3,(H,28,30,31). The third-order valence-corrected chi connectivity index (χ3v) is 8.05. The molecular weight excluding hydrogens is 442 g/mol. The van der Waals surface area contributed by atoms with Gasteiger partial charge >= 0.3 is 5.69 Å². The number of hydrogen-bond acceptors (Lipinski definition) is 7. The summed E-state index contributed by atoms with van der Waals surface area (Å²) in [4.78, 5) is 27.2. The van der Waals surface area contributed by atoms with Gasteiger partial charge in [0.15, 0.2) is 5.65 Å². The number of ether oxygens (including phenoxy) is 1. The number of aromatic nitrogens is 5. The summed E-state index contributed by atoms with van der Waals surface area (Å²) in [5, 5.41) is 8.21. The van der Waals surface area contributed by atoms with Crippen LogP contribution in [0.15, 0.2) is 35.4 Å². The Hall–Kier alpha value is -3.46. The lowest BCUT2D eigenvalue weighted by atomic mass is 9.85. The van der Waals surface area contributed by atoms with Gasteiger partial charge in [-0.15, -0.1) is 0 Å². The summed E-state index contributed by atoms with van der Waals surface area (Å²) in [5.74, 6) is 1.33. The lowest BCUT2D eigenvalue weighted by Crippen LogP contribution is -2.51. The largest absolute Gasteiger partial charge is 0.490 e. The second kappa shape index (κ2) is 7.78. The summed E-state index contributed by atoms with van der Waals surface area (Å²) in [6.07, 6.45) is 9.83. The smallest absolute Gasteiger partial charge is 0.330 e. The number of benzene rings is 1. The third kappa shape index (κ3) is 3.40. The SMILES string of the molecule is Cc1cc2nccc3c2cc1Nc1ncc2c(n1)n(c(=O)n2C)C1CCC(CC1)NC1CC(C1)O3. The van der Waals surface area contributed by atoms with E-state index >= 15 is 0 Å². The lowest BCUT2D eigenvalue weighted by molar-refractivity contribution is 0.0763. The van der Waals surface area contributed by atoms with Gasteiger partial charge in [-0.3, -0.25) is 14.1 Å². The number of imidazole rings is 1. The number of pyridine rings is 1. The lowest BCUT2D eigenvalue weighted by Gasteiger charge is -2.40. The zero-order chi connectivity index (χ0) is 23.7. The summed E-state index contributed by atoms with van der Waals surface area (Å²) >= 11 is 0. The van der Waals surface area contributed by atoms with Crippen LogP contribution < -0.4 is 21.1 Å². The first kappa shape index (κ1) is 20.9. The Morgan fingerprint density at radius 3 is 2.74 bits per heavy atom. The van der Waals surface area contributed by atoms with Crippen LogP contribution in [0.4, 0.5) is 11.6 Å². The second-order valence-corrected chi connectivity index (χ2v) is 10.3. The molecule has 0 unspecified atom stereocenters. The van der Waals surface area contributed by atoms with Gasteiger partial charge in [0.05, 0.1) is 11.7 Å². The van der Waals surface area contributed by atoms with E-state index in [1.165, 1.54) is 0 Å². The normalized spacial score (nSPS) is 25.8. The van der Waals surface area contributed by atoms with E-state index in [1.807, 2.05) is 23.8 Å². The van der Waals surface area contributed by atoms with Gasteiger partial charge in [0.1, 0.15) is 17.4 Å². The zero-order valence-corrected chi connectivity index (χ0v) is 20.0. The summed E-state index contributed by atoms with van der Waals surface area (Å²) in [6.45, 7) is 2.04. The highest BCUT2D eigenvalue weighted by Gasteiger charge is 2.34. The van der Waals surface area contributed by atoms with Crippen LogP contribution in [-0.4, -0.2) is 42.3 Å². The van der Waals surface area contributed by atoms with Crippen LogP contribution in [0.2, 0.25) is 0 Å². The third-order valence-electron chi connectivity index (χ3n) is 8.05. The first-order chi connectivity index (χ1) is 17.0. The molecule has 9 heteroatoms. The summed E-state index contributed by atoms with van der Waals surface area (Å²) in [6, 6.07) is 7.21. The first-order valence-corrected chi connectivity index (χ1v) is 12.6. The van der Waals surface area contributed by atoms with Gasteiger partial charge in [-0.2, -0.15) is 4.98 Å². The summed E-state index contributed by atoms with van der Waals surface area (Å²) < 4.78 is 9.98. The van der Waals surface area contributed by atoms with Crippen LogP contribution in [0.25, 0.3) is 22.1 Å². The molecule has 5 aliphatic rings. The minimum absolute atomic E-state index is 0.0196. The molecule has 2 N–H and O–H groups in total. The quantitative estimate of drug-likeness (QED) is 0.403. The second-order valence-electron chi connectivity index (χ2n) is 10.3. The molecule has 3 aliphatic heterocycles. The molecule has 0 spiro atoms. The molecule has 9 nitrogen and oxygen atoms in total. The van der Waals surface area contributed by atoms with E-state index in [0.717, 1.165) is 71.9 Å². The van der Waals surface area contributed by atoms with Crippen LogP contribution in [0.1, 0.15) is 50.1 Å². The summed E-state index contributed by atoms with van der Waals surface area (Å²) in [7, 11) is 1.80. The van der Waals surface area contributed by atoms with Crippen molar-refractivity contribution in [3.63, 3.8) is 0 Å². The van der Waals surface area contributed by atoms with E-state index in [-0.39, 0.29) is 17.8 Å². The van der Waals surface area contributed by atoms with Gasteiger partial charge in [0.25, 0.3) is 0 Å². The average Bonchev–Trinajstić information content (AvgIpc) is 3.08. The number of nitrogens with one attached hydrogen (secondary N) is 2. The van der Waals surface area contributed by atoms with Crippen LogP contribution in [0.5, 0.6) is 5.75 Å². The van der Waals surface area contributed by atoms with Crippen molar-refractivity contribution in [3.8, 4) is 5.75 Å². The van der Waals surface area contributed by atoms with Crippen LogP contribution in [-0.2, 0) is 7.05 Å². The van der Waals surface area contributed by atoms with E-state index in [0.29, 0.717) is 23.7 Å². The molecule has 180 valence electrons. The molecule has 0 amide bonds. The maximum absolute atomic E-state index is 13.2. The van der Waals surface area contributed by atoms with Crippen molar-refractivity contribution in [2.75, 3.05) is 5.32 Å². The van der Waals surface area contributed by atoms with Crippen LogP contribution in [0, 0.1) is 6.92 Å². The fourth-order valence-electron chi connectivity index (χ4n) is 5.97. The Morgan fingerprint density at radius 1 is 1.09 bits per heavy atom. The van der Waals surface area contributed by atoms with Gasteiger partial charge in [-0.1, -0.05) is 0 Å². The Morgan fingerprint density at radius 2 is 1.91 bits per heavy atom. The Labute approximate surface area is 202 Å². The van der Waals surface area contributed by atoms with E-state index in [4.69, 9.17) is 9.72 Å². The monoisotopic (exact) mass is 471 g/mol. The molecule has 4 aromatic rings. The van der Waals surface area contributed by atoms with Crippen molar-refractivity contribution in [3.05, 3.63) is 46.6 Å². The van der Waals surface area contributed by atoms with Crippen molar-refractivity contribution >= 4 is 33.7 Å². The predicted molar refractivity (Wildman–Crippen MR) is 134 cm³/mol. The molecular formula is C26H29N7O2. The molecule has 1 aromatic carbocycles. The molecule has 0 radical (unpaired) electrons. The highest BCUT2D eigenvalue weighted by molar-refractivity contribution is 5.90. The molecule has 9 rings (SSSR count). The Balaban J connectivity index is 1.37. The molecule has 2 fully saturated rings. The van der Waals surface area contributed by atoms with Gasteiger partial charge in [-0.05, 0) is 69.2 Å². The number of aryl methyl sites for hydroxylation is 2. The van der Waals surface area contributed by atoms with E-state index < -0.39 is 0 Å². The maximum Gasteiger partial charge on any atom is 0.330 e.